The Hall–Kier alpha value is -0.120. The summed E-state index contributed by atoms with van der Waals surface area (Å²) in [5.74, 6) is 1.48. The molecule has 0 aromatic rings. The lowest BCUT2D eigenvalue weighted by Gasteiger charge is -2.40. The van der Waals surface area contributed by atoms with Gasteiger partial charge in [0.1, 0.15) is 0 Å². The summed E-state index contributed by atoms with van der Waals surface area (Å²) in [6.07, 6.45) is 9.65. The standard InChI is InChI=1S/C16H31NO2/c1-3-17-15(13-9-11-19-12-10-13)16(18-2)14-7-5-4-6-8-14/h13-17H,3-12H2,1-2H3. The van der Waals surface area contributed by atoms with Crippen LogP contribution < -0.4 is 5.32 Å². The minimum absolute atomic E-state index is 0.392. The SMILES string of the molecule is CCNC(C1CCOCC1)C(OC)C1CCCCC1. The van der Waals surface area contributed by atoms with Gasteiger partial charge in [0.25, 0.3) is 0 Å². The minimum Gasteiger partial charge on any atom is -0.381 e. The Morgan fingerprint density at radius 2 is 1.74 bits per heavy atom. The monoisotopic (exact) mass is 269 g/mol. The van der Waals surface area contributed by atoms with Crippen LogP contribution in [0.1, 0.15) is 51.9 Å². The summed E-state index contributed by atoms with van der Waals surface area (Å²) < 4.78 is 11.5. The van der Waals surface area contributed by atoms with Gasteiger partial charge in [-0.3, -0.25) is 0 Å². The van der Waals surface area contributed by atoms with Crippen LogP contribution in [0.4, 0.5) is 0 Å². The summed E-state index contributed by atoms with van der Waals surface area (Å²) in [5, 5.41) is 3.72. The van der Waals surface area contributed by atoms with E-state index in [9.17, 15) is 0 Å². The first-order valence-electron chi connectivity index (χ1n) is 8.20. The number of hydrogen-bond donors (Lipinski definition) is 1. The average molecular weight is 269 g/mol. The van der Waals surface area contributed by atoms with Gasteiger partial charge in [0.15, 0.2) is 0 Å². The third kappa shape index (κ3) is 4.17. The molecular weight excluding hydrogens is 238 g/mol. The van der Waals surface area contributed by atoms with E-state index in [4.69, 9.17) is 9.47 Å². The van der Waals surface area contributed by atoms with Crippen molar-refractivity contribution in [3.63, 3.8) is 0 Å². The van der Waals surface area contributed by atoms with E-state index in [1.165, 1.54) is 44.9 Å². The van der Waals surface area contributed by atoms with Crippen molar-refractivity contribution in [1.82, 2.24) is 5.32 Å². The van der Waals surface area contributed by atoms with Crippen molar-refractivity contribution in [3.05, 3.63) is 0 Å². The summed E-state index contributed by atoms with van der Waals surface area (Å²) in [6.45, 7) is 5.09. The molecule has 0 radical (unpaired) electrons. The first-order chi connectivity index (χ1) is 9.36. The van der Waals surface area contributed by atoms with Gasteiger partial charge >= 0.3 is 0 Å². The molecule has 3 heteroatoms. The summed E-state index contributed by atoms with van der Waals surface area (Å²) in [7, 11) is 1.91. The molecule has 112 valence electrons. The lowest BCUT2D eigenvalue weighted by atomic mass is 9.77. The van der Waals surface area contributed by atoms with E-state index >= 15 is 0 Å². The van der Waals surface area contributed by atoms with Gasteiger partial charge in [-0.1, -0.05) is 26.2 Å². The van der Waals surface area contributed by atoms with Crippen molar-refractivity contribution in [3.8, 4) is 0 Å². The van der Waals surface area contributed by atoms with Crippen molar-refractivity contribution < 1.29 is 9.47 Å². The van der Waals surface area contributed by atoms with Crippen LogP contribution in [0, 0.1) is 11.8 Å². The maximum Gasteiger partial charge on any atom is 0.0755 e. The Morgan fingerprint density at radius 1 is 1.05 bits per heavy atom. The molecular formula is C16H31NO2. The Morgan fingerprint density at radius 3 is 2.32 bits per heavy atom. The van der Waals surface area contributed by atoms with Crippen molar-refractivity contribution >= 4 is 0 Å². The number of likely N-dealkylation sites (N-methyl/N-ethyl adjacent to an activating group) is 1. The molecule has 1 aliphatic heterocycles. The summed E-state index contributed by atoms with van der Waals surface area (Å²) in [5.41, 5.74) is 0. The van der Waals surface area contributed by atoms with Crippen LogP contribution in [0.2, 0.25) is 0 Å². The third-order valence-corrected chi connectivity index (χ3v) is 4.95. The second-order valence-electron chi connectivity index (χ2n) is 6.13. The Kier molecular flexibility index (Phi) is 6.62. The van der Waals surface area contributed by atoms with Crippen LogP contribution in [-0.2, 0) is 9.47 Å². The summed E-state index contributed by atoms with van der Waals surface area (Å²) in [6, 6.07) is 0.516. The molecule has 2 aliphatic rings. The molecule has 1 saturated carbocycles. The van der Waals surface area contributed by atoms with Crippen molar-refractivity contribution in [2.75, 3.05) is 26.9 Å². The molecule has 0 aromatic heterocycles. The van der Waals surface area contributed by atoms with Gasteiger partial charge in [0.2, 0.25) is 0 Å². The zero-order valence-electron chi connectivity index (χ0n) is 12.7. The first-order valence-corrected chi connectivity index (χ1v) is 8.20. The van der Waals surface area contributed by atoms with Crippen LogP contribution >= 0.6 is 0 Å². The van der Waals surface area contributed by atoms with Gasteiger partial charge in [-0.15, -0.1) is 0 Å². The van der Waals surface area contributed by atoms with E-state index < -0.39 is 0 Å². The summed E-state index contributed by atoms with van der Waals surface area (Å²) >= 11 is 0. The van der Waals surface area contributed by atoms with Crippen LogP contribution in [0.25, 0.3) is 0 Å². The maximum absolute atomic E-state index is 5.95. The van der Waals surface area contributed by atoms with E-state index in [2.05, 4.69) is 12.2 Å². The molecule has 2 unspecified atom stereocenters. The molecule has 2 rings (SSSR count). The lowest BCUT2D eigenvalue weighted by molar-refractivity contribution is -0.0300. The fraction of sp³-hybridized carbons (Fsp3) is 1.00. The van der Waals surface area contributed by atoms with Gasteiger partial charge < -0.3 is 14.8 Å². The van der Waals surface area contributed by atoms with Crippen molar-refractivity contribution in [1.29, 1.82) is 0 Å². The molecule has 2 atom stereocenters. The minimum atomic E-state index is 0.392. The number of methoxy groups -OCH3 is 1. The fourth-order valence-electron chi connectivity index (χ4n) is 3.96. The van der Waals surface area contributed by atoms with Gasteiger partial charge in [-0.05, 0) is 44.1 Å². The van der Waals surface area contributed by atoms with E-state index in [0.29, 0.717) is 12.1 Å². The molecule has 1 heterocycles. The second-order valence-corrected chi connectivity index (χ2v) is 6.13. The largest absolute Gasteiger partial charge is 0.381 e. The Bertz CT molecular complexity index is 235. The third-order valence-electron chi connectivity index (χ3n) is 4.95. The lowest BCUT2D eigenvalue weighted by Crippen LogP contribution is -2.51. The highest BCUT2D eigenvalue weighted by Crippen LogP contribution is 2.33. The Labute approximate surface area is 118 Å². The van der Waals surface area contributed by atoms with E-state index in [0.717, 1.165) is 31.6 Å². The second kappa shape index (κ2) is 8.23. The molecule has 1 saturated heterocycles. The molecule has 0 spiro atoms. The van der Waals surface area contributed by atoms with E-state index in [1.54, 1.807) is 0 Å². The number of rotatable bonds is 6. The van der Waals surface area contributed by atoms with E-state index in [-0.39, 0.29) is 0 Å². The predicted molar refractivity (Wildman–Crippen MR) is 78.4 cm³/mol. The van der Waals surface area contributed by atoms with E-state index in [1.807, 2.05) is 7.11 Å². The topological polar surface area (TPSA) is 30.5 Å². The van der Waals surface area contributed by atoms with Crippen molar-refractivity contribution in [2.45, 2.75) is 64.0 Å². The highest BCUT2D eigenvalue weighted by Gasteiger charge is 2.35. The molecule has 0 amide bonds. The maximum atomic E-state index is 5.95. The zero-order chi connectivity index (χ0) is 13.5. The van der Waals surface area contributed by atoms with Gasteiger partial charge in [-0.2, -0.15) is 0 Å². The molecule has 1 N–H and O–H groups in total. The molecule has 1 aliphatic carbocycles. The number of nitrogens with one attached hydrogen (secondary N) is 1. The average Bonchev–Trinajstić information content (AvgIpc) is 2.49. The predicted octanol–water partition coefficient (Wildman–Crippen LogP) is 2.99. The van der Waals surface area contributed by atoms with Crippen LogP contribution in [-0.4, -0.2) is 39.0 Å². The smallest absolute Gasteiger partial charge is 0.0755 e. The quantitative estimate of drug-likeness (QED) is 0.804. The van der Waals surface area contributed by atoms with Crippen molar-refractivity contribution in [2.24, 2.45) is 11.8 Å². The molecule has 2 fully saturated rings. The highest BCUT2D eigenvalue weighted by atomic mass is 16.5. The van der Waals surface area contributed by atoms with Gasteiger partial charge in [0.05, 0.1) is 6.10 Å². The number of hydrogen-bond acceptors (Lipinski definition) is 3. The molecule has 3 nitrogen and oxygen atoms in total. The highest BCUT2D eigenvalue weighted by molar-refractivity contribution is 4.90. The van der Waals surface area contributed by atoms with Crippen LogP contribution in [0.3, 0.4) is 0 Å². The molecule has 0 bridgehead atoms. The van der Waals surface area contributed by atoms with Crippen LogP contribution in [0.15, 0.2) is 0 Å². The fourth-order valence-corrected chi connectivity index (χ4v) is 3.96. The van der Waals surface area contributed by atoms with Gasteiger partial charge in [0, 0.05) is 26.4 Å². The molecule has 19 heavy (non-hydrogen) atoms. The Balaban J connectivity index is 2.00. The number of ether oxygens (including phenoxy) is 2. The molecule has 0 aromatic carbocycles. The summed E-state index contributed by atoms with van der Waals surface area (Å²) in [4.78, 5) is 0. The first kappa shape index (κ1) is 15.3. The van der Waals surface area contributed by atoms with Crippen LogP contribution in [0.5, 0.6) is 0 Å². The normalized spacial score (nSPS) is 26.2. The van der Waals surface area contributed by atoms with Gasteiger partial charge in [-0.25, -0.2) is 0 Å². The zero-order valence-corrected chi connectivity index (χ0v) is 12.7.